The van der Waals surface area contributed by atoms with E-state index in [2.05, 4.69) is 43.9 Å². The molecule has 1 saturated heterocycles. The summed E-state index contributed by atoms with van der Waals surface area (Å²) in [6.07, 6.45) is 3.29. The minimum Gasteiger partial charge on any atom is -0.443 e. The summed E-state index contributed by atoms with van der Waals surface area (Å²) in [7, 11) is 0. The summed E-state index contributed by atoms with van der Waals surface area (Å²) in [5, 5.41) is 12.6. The number of pyridine rings is 1. The third-order valence-electron chi connectivity index (χ3n) is 8.42. The van der Waals surface area contributed by atoms with Gasteiger partial charge in [0.2, 0.25) is 0 Å². The molecule has 1 aromatic heterocycles. The SMILES string of the molecule is CC(C)(C)C([C@@H](O)[C@H](Cc1ccccc1)OC(N)=O)N1CCC(=C2c3ccc(Cl)cc3CCc3cccnc32)CC1. The first kappa shape index (κ1) is 29.3. The number of carbonyl (C=O) groups is 1. The van der Waals surface area contributed by atoms with Crippen molar-refractivity contribution in [1.29, 1.82) is 0 Å². The molecule has 0 bridgehead atoms. The smallest absolute Gasteiger partial charge is 0.404 e. The van der Waals surface area contributed by atoms with E-state index in [-0.39, 0.29) is 11.5 Å². The molecule has 1 fully saturated rings. The van der Waals surface area contributed by atoms with Crippen LogP contribution in [0.3, 0.4) is 0 Å². The number of primary amides is 1. The third-order valence-corrected chi connectivity index (χ3v) is 8.65. The molecule has 1 amide bonds. The lowest BCUT2D eigenvalue weighted by Gasteiger charge is -2.46. The number of hydrogen-bond acceptors (Lipinski definition) is 5. The van der Waals surface area contributed by atoms with Gasteiger partial charge in [-0.15, -0.1) is 0 Å². The van der Waals surface area contributed by atoms with Gasteiger partial charge in [-0.2, -0.15) is 0 Å². The number of piperidine rings is 1. The first-order valence-electron chi connectivity index (χ1n) is 14.5. The van der Waals surface area contributed by atoms with Crippen molar-refractivity contribution < 1.29 is 14.6 Å². The summed E-state index contributed by atoms with van der Waals surface area (Å²) >= 11 is 6.41. The molecule has 5 rings (SSSR count). The number of ether oxygens (including phenoxy) is 1. The Hall–Kier alpha value is -3.19. The number of fused-ring (bicyclic) bond motifs is 2. The van der Waals surface area contributed by atoms with Crippen molar-refractivity contribution in [2.45, 2.75) is 71.1 Å². The van der Waals surface area contributed by atoms with E-state index >= 15 is 0 Å². The van der Waals surface area contributed by atoms with Crippen LogP contribution in [-0.4, -0.2) is 52.4 Å². The highest BCUT2D eigenvalue weighted by Gasteiger charge is 2.42. The summed E-state index contributed by atoms with van der Waals surface area (Å²) in [4.78, 5) is 19.1. The zero-order valence-electron chi connectivity index (χ0n) is 24.1. The van der Waals surface area contributed by atoms with Crippen molar-refractivity contribution in [2.24, 2.45) is 11.1 Å². The molecule has 7 heteroatoms. The van der Waals surface area contributed by atoms with Crippen LogP contribution in [0.5, 0.6) is 0 Å². The molecule has 2 heterocycles. The van der Waals surface area contributed by atoms with Gasteiger partial charge in [-0.1, -0.05) is 80.4 Å². The van der Waals surface area contributed by atoms with Crippen LogP contribution >= 0.6 is 11.6 Å². The Balaban J connectivity index is 1.45. The predicted octanol–water partition coefficient (Wildman–Crippen LogP) is 6.21. The molecule has 1 aliphatic heterocycles. The quantitative estimate of drug-likeness (QED) is 0.366. The maximum Gasteiger partial charge on any atom is 0.404 e. The monoisotopic (exact) mass is 573 g/mol. The van der Waals surface area contributed by atoms with E-state index in [1.807, 2.05) is 48.7 Å². The van der Waals surface area contributed by atoms with Gasteiger partial charge in [0, 0.05) is 42.3 Å². The molecular formula is C34H40ClN3O3. The largest absolute Gasteiger partial charge is 0.443 e. The van der Waals surface area contributed by atoms with Gasteiger partial charge in [0.25, 0.3) is 0 Å². The maximum atomic E-state index is 11.9. The Bertz CT molecular complexity index is 1410. The van der Waals surface area contributed by atoms with E-state index in [4.69, 9.17) is 27.1 Å². The van der Waals surface area contributed by atoms with Gasteiger partial charge in [0.05, 0.1) is 5.69 Å². The van der Waals surface area contributed by atoms with Crippen LogP contribution in [0.15, 0.2) is 72.4 Å². The van der Waals surface area contributed by atoms with Gasteiger partial charge in [-0.3, -0.25) is 9.88 Å². The molecule has 1 unspecified atom stereocenters. The van der Waals surface area contributed by atoms with Crippen molar-refractivity contribution >= 4 is 23.3 Å². The predicted molar refractivity (Wildman–Crippen MR) is 164 cm³/mol. The Morgan fingerprint density at radius 1 is 1.02 bits per heavy atom. The highest BCUT2D eigenvalue weighted by molar-refractivity contribution is 6.30. The molecule has 1 aliphatic carbocycles. The second-order valence-electron chi connectivity index (χ2n) is 12.3. The van der Waals surface area contributed by atoms with Crippen LogP contribution in [0.1, 0.15) is 61.6 Å². The highest BCUT2D eigenvalue weighted by atomic mass is 35.5. The van der Waals surface area contributed by atoms with Gasteiger partial charge >= 0.3 is 6.09 Å². The summed E-state index contributed by atoms with van der Waals surface area (Å²) in [6, 6.07) is 19.9. The zero-order valence-corrected chi connectivity index (χ0v) is 24.9. The molecule has 0 radical (unpaired) electrons. The number of hydrogen-bond donors (Lipinski definition) is 2. The molecule has 2 aliphatic rings. The zero-order chi connectivity index (χ0) is 29.1. The number of aryl methyl sites for hydroxylation is 2. The number of likely N-dealkylation sites (tertiary alicyclic amines) is 1. The van der Waals surface area contributed by atoms with Crippen LogP contribution in [-0.2, 0) is 24.0 Å². The molecule has 6 nitrogen and oxygen atoms in total. The fourth-order valence-electron chi connectivity index (χ4n) is 6.66. The lowest BCUT2D eigenvalue weighted by atomic mass is 9.78. The number of aromatic nitrogens is 1. The number of amides is 1. The van der Waals surface area contributed by atoms with Crippen LogP contribution in [0.25, 0.3) is 5.57 Å². The van der Waals surface area contributed by atoms with Crippen molar-refractivity contribution in [3.05, 3.63) is 105 Å². The molecule has 0 spiro atoms. The molecule has 216 valence electrons. The Kier molecular flexibility index (Phi) is 8.83. The number of aliphatic hydroxyl groups is 1. The Morgan fingerprint density at radius 3 is 2.41 bits per heavy atom. The summed E-state index contributed by atoms with van der Waals surface area (Å²) in [5.41, 5.74) is 13.6. The number of rotatable bonds is 6. The van der Waals surface area contributed by atoms with Gasteiger partial charge in [-0.25, -0.2) is 4.79 Å². The molecule has 41 heavy (non-hydrogen) atoms. The van der Waals surface area contributed by atoms with Crippen molar-refractivity contribution in [3.63, 3.8) is 0 Å². The number of nitrogens with two attached hydrogens (primary N) is 1. The van der Waals surface area contributed by atoms with Gasteiger partial charge in [0.15, 0.2) is 0 Å². The normalized spacial score (nSPS) is 18.1. The average Bonchev–Trinajstić information content (AvgIpc) is 3.09. The standard InChI is InChI=1S/C34H40ClN3O3/c1-34(2,3)32(31(39)28(41-33(36)40)20-22-8-5-4-6-9-22)38-18-15-23(16-19-38)29-27-14-13-26(35)21-25(27)12-11-24-10-7-17-37-30(24)29/h4-10,13-14,17,21,28,31-32,39H,11-12,15-16,18-20H2,1-3H3,(H2,36,40)/t28-,31-,32?/m0/s1. The molecule has 3 N–H and O–H groups in total. The first-order valence-corrected chi connectivity index (χ1v) is 14.9. The maximum absolute atomic E-state index is 11.9. The number of aliphatic hydroxyl groups excluding tert-OH is 1. The van der Waals surface area contributed by atoms with Crippen molar-refractivity contribution in [2.75, 3.05) is 13.1 Å². The van der Waals surface area contributed by atoms with E-state index in [9.17, 15) is 9.90 Å². The fourth-order valence-corrected chi connectivity index (χ4v) is 6.86. The summed E-state index contributed by atoms with van der Waals surface area (Å²) < 4.78 is 5.53. The number of nitrogens with zero attached hydrogens (tertiary/aromatic N) is 2. The van der Waals surface area contributed by atoms with Crippen LogP contribution in [0.2, 0.25) is 5.02 Å². The van der Waals surface area contributed by atoms with Crippen molar-refractivity contribution in [3.8, 4) is 0 Å². The second-order valence-corrected chi connectivity index (χ2v) is 12.7. The Morgan fingerprint density at radius 2 is 1.73 bits per heavy atom. The summed E-state index contributed by atoms with van der Waals surface area (Å²) in [5.74, 6) is 0. The Labute approximate surface area is 248 Å². The fraction of sp³-hybridized carbons (Fsp3) is 0.412. The summed E-state index contributed by atoms with van der Waals surface area (Å²) in [6.45, 7) is 7.94. The minimum absolute atomic E-state index is 0.243. The first-order chi connectivity index (χ1) is 19.6. The van der Waals surface area contributed by atoms with E-state index < -0.39 is 18.3 Å². The van der Waals surface area contributed by atoms with Crippen molar-refractivity contribution in [1.82, 2.24) is 9.88 Å². The molecular weight excluding hydrogens is 534 g/mol. The van der Waals surface area contributed by atoms with E-state index in [1.54, 1.807) is 0 Å². The van der Waals surface area contributed by atoms with Gasteiger partial charge in [-0.05, 0) is 71.6 Å². The lowest BCUT2D eigenvalue weighted by molar-refractivity contribution is -0.0770. The number of halogens is 1. The van der Waals surface area contributed by atoms with Gasteiger partial charge < -0.3 is 15.6 Å². The van der Waals surface area contributed by atoms with E-state index in [1.165, 1.54) is 27.8 Å². The topological polar surface area (TPSA) is 88.7 Å². The van der Waals surface area contributed by atoms with Crippen LogP contribution in [0, 0.1) is 5.41 Å². The minimum atomic E-state index is -0.917. The molecule has 2 aromatic carbocycles. The molecule has 3 atom stereocenters. The average molecular weight is 574 g/mol. The molecule has 3 aromatic rings. The second kappa shape index (κ2) is 12.4. The highest BCUT2D eigenvalue weighted by Crippen LogP contribution is 2.40. The molecule has 0 saturated carbocycles. The van der Waals surface area contributed by atoms with Crippen LogP contribution < -0.4 is 5.73 Å². The number of benzene rings is 2. The van der Waals surface area contributed by atoms with Gasteiger partial charge in [0.1, 0.15) is 12.2 Å². The van der Waals surface area contributed by atoms with E-state index in [0.29, 0.717) is 6.42 Å². The van der Waals surface area contributed by atoms with Crippen LogP contribution in [0.4, 0.5) is 4.79 Å². The van der Waals surface area contributed by atoms with E-state index in [0.717, 1.165) is 55.1 Å². The number of carbonyl (C=O) groups excluding carboxylic acids is 1. The third kappa shape index (κ3) is 6.66. The lowest BCUT2D eigenvalue weighted by Crippen LogP contribution is -2.57.